The molecule has 32 valence electrons. The van der Waals surface area contributed by atoms with Crippen LogP contribution in [0, 0.1) is 7.05 Å². The maximum Gasteiger partial charge on any atom is 1.00 e. The standard InChI is InChI=1S/CH2N3.Cu/c1-3-4-2;/h1H2;/q-1;+1. The molecule has 0 unspecified atom stereocenters. The van der Waals surface area contributed by atoms with E-state index in [-0.39, 0.29) is 17.1 Å². The number of azide groups is 1. The summed E-state index contributed by atoms with van der Waals surface area (Å²) in [6.07, 6.45) is 0. The number of hydrogen-bond donors (Lipinski definition) is 0. The molecule has 0 aliphatic carbocycles. The van der Waals surface area contributed by atoms with Crippen LogP contribution in [0.5, 0.6) is 0 Å². The van der Waals surface area contributed by atoms with E-state index in [1.165, 1.54) is 0 Å². The molecule has 0 aliphatic rings. The van der Waals surface area contributed by atoms with Crippen molar-refractivity contribution in [3.05, 3.63) is 17.5 Å². The van der Waals surface area contributed by atoms with Crippen LogP contribution in [0.3, 0.4) is 0 Å². The summed E-state index contributed by atoms with van der Waals surface area (Å²) in [6.45, 7) is 0. The van der Waals surface area contributed by atoms with Crippen molar-refractivity contribution in [3.8, 4) is 0 Å². The Balaban J connectivity index is 0. The summed E-state index contributed by atoms with van der Waals surface area (Å²) in [4.78, 5) is 2.25. The molecule has 0 aliphatic heterocycles. The van der Waals surface area contributed by atoms with Crippen LogP contribution in [0.25, 0.3) is 10.4 Å². The predicted octanol–water partition coefficient (Wildman–Crippen LogP) is 1.09. The van der Waals surface area contributed by atoms with Gasteiger partial charge in [-0.15, -0.1) is 0 Å². The first-order chi connectivity index (χ1) is 1.91. The summed E-state index contributed by atoms with van der Waals surface area (Å²) >= 11 is 0. The minimum absolute atomic E-state index is 0. The van der Waals surface area contributed by atoms with Crippen molar-refractivity contribution in [2.75, 3.05) is 0 Å². The van der Waals surface area contributed by atoms with E-state index >= 15 is 0 Å². The molecule has 0 heterocycles. The van der Waals surface area contributed by atoms with Crippen LogP contribution in [0.15, 0.2) is 5.11 Å². The fourth-order valence-corrected chi connectivity index (χ4v) is 0. The summed E-state index contributed by atoms with van der Waals surface area (Å²) < 4.78 is 0. The largest absolute Gasteiger partial charge is 1.00 e. The molecule has 0 aromatic rings. The summed E-state index contributed by atoms with van der Waals surface area (Å²) in [6, 6.07) is 0. The zero-order valence-corrected chi connectivity index (χ0v) is 3.29. The molecule has 0 aromatic heterocycles. The van der Waals surface area contributed by atoms with Crippen molar-refractivity contribution in [1.82, 2.24) is 0 Å². The Morgan fingerprint density at radius 2 is 2.00 bits per heavy atom. The zero-order chi connectivity index (χ0) is 3.41. The number of hydrogen-bond acceptors (Lipinski definition) is 1. The van der Waals surface area contributed by atoms with Crippen molar-refractivity contribution >= 4 is 0 Å². The molecular weight excluding hydrogens is 118 g/mol. The number of nitrogens with zero attached hydrogens (tertiary/aromatic N) is 3. The van der Waals surface area contributed by atoms with Crippen LogP contribution in [-0.2, 0) is 17.1 Å². The van der Waals surface area contributed by atoms with Gasteiger partial charge in [0.05, 0.1) is 0 Å². The SMILES string of the molecule is [CH2-]N=[N+]=[N-].[Cu+]. The van der Waals surface area contributed by atoms with E-state index in [2.05, 4.69) is 17.1 Å². The second kappa shape index (κ2) is 9.33. The molecule has 4 heteroatoms. The second-order valence-electron chi connectivity index (χ2n) is 0.231. The van der Waals surface area contributed by atoms with Gasteiger partial charge in [0.15, 0.2) is 0 Å². The van der Waals surface area contributed by atoms with Gasteiger partial charge in [0.1, 0.15) is 0 Å². The smallest absolute Gasteiger partial charge is 0.331 e. The van der Waals surface area contributed by atoms with Gasteiger partial charge in [0, 0.05) is 0 Å². The Labute approximate surface area is 40.5 Å². The molecule has 0 rings (SSSR count). The third kappa shape index (κ3) is 21.8. The van der Waals surface area contributed by atoms with Gasteiger partial charge in [-0.2, -0.15) is 0 Å². The fourth-order valence-electron chi connectivity index (χ4n) is 0. The fraction of sp³-hybridized carbons (Fsp3) is 0. The van der Waals surface area contributed by atoms with E-state index in [0.717, 1.165) is 0 Å². The van der Waals surface area contributed by atoms with Gasteiger partial charge >= 0.3 is 17.1 Å². The van der Waals surface area contributed by atoms with E-state index in [9.17, 15) is 0 Å². The molecule has 0 bridgehead atoms. The van der Waals surface area contributed by atoms with Crippen LogP contribution in [0.1, 0.15) is 0 Å². The van der Waals surface area contributed by atoms with Crippen LogP contribution < -0.4 is 0 Å². The van der Waals surface area contributed by atoms with Crippen molar-refractivity contribution in [3.63, 3.8) is 0 Å². The molecule has 3 nitrogen and oxygen atoms in total. The molecule has 0 N–H and O–H groups in total. The van der Waals surface area contributed by atoms with Gasteiger partial charge in [-0.1, -0.05) is 0 Å². The van der Waals surface area contributed by atoms with E-state index in [0.29, 0.717) is 0 Å². The number of rotatable bonds is 0. The van der Waals surface area contributed by atoms with Crippen LogP contribution in [-0.4, -0.2) is 0 Å². The second-order valence-corrected chi connectivity index (χ2v) is 0.231. The van der Waals surface area contributed by atoms with Gasteiger partial charge in [-0.05, 0) is 10.4 Å². The molecular formula is CH2CuN3. The van der Waals surface area contributed by atoms with Crippen molar-refractivity contribution in [2.45, 2.75) is 0 Å². The molecule has 0 saturated heterocycles. The first-order valence-corrected chi connectivity index (χ1v) is 0.716. The first kappa shape index (κ1) is 8.83. The zero-order valence-electron chi connectivity index (χ0n) is 2.35. The first-order valence-electron chi connectivity index (χ1n) is 0.716. The summed E-state index contributed by atoms with van der Waals surface area (Å²) in [5, 5.41) is 2.67. The van der Waals surface area contributed by atoms with Gasteiger partial charge in [-0.25, -0.2) is 0 Å². The summed E-state index contributed by atoms with van der Waals surface area (Å²) in [5.74, 6) is 0. The van der Waals surface area contributed by atoms with E-state index in [4.69, 9.17) is 5.53 Å². The van der Waals surface area contributed by atoms with Gasteiger partial charge in [0.2, 0.25) is 0 Å². The molecule has 0 fully saturated rings. The van der Waals surface area contributed by atoms with E-state index < -0.39 is 0 Å². The average Bonchev–Trinajstić information content (AvgIpc) is 1.37. The van der Waals surface area contributed by atoms with Crippen molar-refractivity contribution in [1.29, 1.82) is 0 Å². The average molecular weight is 120 g/mol. The minimum atomic E-state index is 0. The maximum absolute atomic E-state index is 7.27. The van der Waals surface area contributed by atoms with Gasteiger partial charge in [0.25, 0.3) is 0 Å². The Morgan fingerprint density at radius 1 is 1.80 bits per heavy atom. The molecule has 0 atom stereocenters. The third-order valence-electron chi connectivity index (χ3n) is 0.0632. The van der Waals surface area contributed by atoms with Gasteiger partial charge in [-0.3, -0.25) is 5.11 Å². The molecule has 0 spiro atoms. The van der Waals surface area contributed by atoms with Crippen LogP contribution in [0.2, 0.25) is 0 Å². The molecule has 0 saturated carbocycles. The van der Waals surface area contributed by atoms with Crippen molar-refractivity contribution < 1.29 is 17.1 Å². The normalized spacial score (nSPS) is 3.20. The molecule has 0 radical (unpaired) electrons. The molecule has 0 amide bonds. The predicted molar refractivity (Wildman–Crippen MR) is 14.5 cm³/mol. The Bertz CT molecular complexity index is 44.9. The quantitative estimate of drug-likeness (QED) is 0.151. The topological polar surface area (TPSA) is 48.8 Å². The summed E-state index contributed by atoms with van der Waals surface area (Å²) in [5.41, 5.74) is 7.27. The van der Waals surface area contributed by atoms with Gasteiger partial charge < -0.3 is 7.05 Å². The Kier molecular flexibility index (Phi) is 16.5. The van der Waals surface area contributed by atoms with E-state index in [1.807, 2.05) is 0 Å². The van der Waals surface area contributed by atoms with E-state index in [1.54, 1.807) is 0 Å². The minimum Gasteiger partial charge on any atom is -0.331 e. The third-order valence-corrected chi connectivity index (χ3v) is 0.0632. The molecule has 0 aromatic carbocycles. The maximum atomic E-state index is 7.27. The Hall–Kier alpha value is -0.301. The summed E-state index contributed by atoms with van der Waals surface area (Å²) in [7, 11) is 2.81. The Morgan fingerprint density at radius 3 is 2.00 bits per heavy atom. The molecule has 5 heavy (non-hydrogen) atoms. The monoisotopic (exact) mass is 119 g/mol. The van der Waals surface area contributed by atoms with Crippen LogP contribution in [0.4, 0.5) is 0 Å². The van der Waals surface area contributed by atoms with Crippen LogP contribution >= 0.6 is 0 Å². The van der Waals surface area contributed by atoms with Crippen molar-refractivity contribution in [2.24, 2.45) is 5.11 Å².